The molecule has 4 rings (SSSR count). The van der Waals surface area contributed by atoms with E-state index < -0.39 is 10.0 Å². The van der Waals surface area contributed by atoms with Gasteiger partial charge in [0, 0.05) is 30.6 Å². The number of benzene rings is 2. The van der Waals surface area contributed by atoms with Crippen LogP contribution in [0.1, 0.15) is 42.6 Å². The molecule has 2 fully saturated rings. The third-order valence-corrected chi connectivity index (χ3v) is 7.81. The molecular weight excluding hydrogens is 400 g/mol. The van der Waals surface area contributed by atoms with E-state index in [1.807, 2.05) is 32.0 Å². The summed E-state index contributed by atoms with van der Waals surface area (Å²) in [7, 11) is -3.61. The van der Waals surface area contributed by atoms with E-state index in [0.29, 0.717) is 25.2 Å². The molecule has 7 heteroatoms. The Morgan fingerprint density at radius 1 is 1.03 bits per heavy atom. The highest BCUT2D eigenvalue weighted by Gasteiger charge is 2.44. The van der Waals surface area contributed by atoms with Crippen LogP contribution in [0.4, 0.5) is 0 Å². The Bertz CT molecular complexity index is 991. The minimum atomic E-state index is -3.61. The van der Waals surface area contributed by atoms with Crippen LogP contribution < -0.4 is 5.32 Å². The van der Waals surface area contributed by atoms with Crippen molar-refractivity contribution in [1.82, 2.24) is 9.62 Å². The number of nitrogens with one attached hydrogen (secondary N) is 1. The molecule has 1 aliphatic carbocycles. The Balaban J connectivity index is 1.41. The maximum absolute atomic E-state index is 13.0. The highest BCUT2D eigenvalue weighted by Crippen LogP contribution is 2.47. The predicted octanol–water partition coefficient (Wildman–Crippen LogP) is 2.95. The minimum Gasteiger partial charge on any atom is -0.373 e. The Hall–Kier alpha value is -2.22. The summed E-state index contributed by atoms with van der Waals surface area (Å²) >= 11 is 0. The number of amides is 1. The molecule has 1 aliphatic heterocycles. The van der Waals surface area contributed by atoms with E-state index in [9.17, 15) is 13.2 Å². The summed E-state index contributed by atoms with van der Waals surface area (Å²) in [4.78, 5) is 12.8. The summed E-state index contributed by atoms with van der Waals surface area (Å²) in [5.41, 5.74) is 1.74. The lowest BCUT2D eigenvalue weighted by Crippen LogP contribution is -2.48. The fourth-order valence-electron chi connectivity index (χ4n) is 4.12. The average molecular weight is 429 g/mol. The van der Waals surface area contributed by atoms with E-state index in [2.05, 4.69) is 17.4 Å². The summed E-state index contributed by atoms with van der Waals surface area (Å²) in [5.74, 6) is -0.185. The van der Waals surface area contributed by atoms with Gasteiger partial charge in [0.15, 0.2) is 0 Å². The molecule has 0 unspecified atom stereocenters. The van der Waals surface area contributed by atoms with Gasteiger partial charge in [-0.1, -0.05) is 30.3 Å². The Labute approximate surface area is 178 Å². The van der Waals surface area contributed by atoms with Gasteiger partial charge in [0.05, 0.1) is 17.1 Å². The van der Waals surface area contributed by atoms with Gasteiger partial charge in [-0.2, -0.15) is 4.31 Å². The number of sulfonamides is 1. The summed E-state index contributed by atoms with van der Waals surface area (Å²) in [6.45, 7) is 4.98. The molecule has 1 saturated heterocycles. The molecule has 0 bridgehead atoms. The van der Waals surface area contributed by atoms with Crippen molar-refractivity contribution in [3.05, 3.63) is 65.7 Å². The van der Waals surface area contributed by atoms with Gasteiger partial charge in [0.2, 0.25) is 10.0 Å². The number of morpholine rings is 1. The number of carbonyl (C=O) groups is 1. The highest BCUT2D eigenvalue weighted by atomic mass is 32.2. The molecule has 2 atom stereocenters. The number of rotatable bonds is 6. The Kier molecular flexibility index (Phi) is 5.70. The first kappa shape index (κ1) is 21.0. The maximum Gasteiger partial charge on any atom is 0.251 e. The first-order valence-corrected chi connectivity index (χ1v) is 11.8. The molecule has 160 valence electrons. The second-order valence-corrected chi connectivity index (χ2v) is 10.4. The second kappa shape index (κ2) is 8.13. The fourth-order valence-corrected chi connectivity index (χ4v) is 5.71. The lowest BCUT2D eigenvalue weighted by molar-refractivity contribution is -0.0440. The third kappa shape index (κ3) is 4.29. The maximum atomic E-state index is 13.0. The quantitative estimate of drug-likeness (QED) is 0.768. The smallest absolute Gasteiger partial charge is 0.251 e. The molecule has 0 radical (unpaired) electrons. The number of hydrogen-bond acceptors (Lipinski definition) is 4. The van der Waals surface area contributed by atoms with Crippen molar-refractivity contribution in [3.8, 4) is 0 Å². The Morgan fingerprint density at radius 2 is 1.63 bits per heavy atom. The molecular formula is C23H28N2O4S. The molecule has 1 saturated carbocycles. The molecule has 6 nitrogen and oxygen atoms in total. The van der Waals surface area contributed by atoms with E-state index in [1.165, 1.54) is 22.0 Å². The third-order valence-electron chi connectivity index (χ3n) is 5.97. The monoisotopic (exact) mass is 428 g/mol. The van der Waals surface area contributed by atoms with Crippen LogP contribution in [-0.2, 0) is 20.2 Å². The van der Waals surface area contributed by atoms with Gasteiger partial charge in [-0.05, 0) is 56.5 Å². The van der Waals surface area contributed by atoms with Crippen molar-refractivity contribution >= 4 is 15.9 Å². The van der Waals surface area contributed by atoms with E-state index >= 15 is 0 Å². The standard InChI is InChI=1S/C23H28N2O4S/c1-17-14-25(15-18(2)29-17)30(27,28)21-10-8-19(9-11-21)22(26)24-16-23(12-13-23)20-6-4-3-5-7-20/h3-11,17-18H,12-16H2,1-2H3,(H,24,26)/t17-,18-/m1/s1. The molecule has 2 aromatic rings. The summed E-state index contributed by atoms with van der Waals surface area (Å²) in [5, 5.41) is 3.02. The van der Waals surface area contributed by atoms with Crippen LogP contribution in [0.3, 0.4) is 0 Å². The van der Waals surface area contributed by atoms with Crippen LogP contribution in [0.2, 0.25) is 0 Å². The topological polar surface area (TPSA) is 75.7 Å². The van der Waals surface area contributed by atoms with Crippen molar-refractivity contribution in [3.63, 3.8) is 0 Å². The summed E-state index contributed by atoms with van der Waals surface area (Å²) < 4.78 is 33.0. The number of carbonyl (C=O) groups excluding carboxylic acids is 1. The number of nitrogens with zero attached hydrogens (tertiary/aromatic N) is 1. The molecule has 1 amide bonds. The predicted molar refractivity (Wildman–Crippen MR) is 115 cm³/mol. The molecule has 30 heavy (non-hydrogen) atoms. The van der Waals surface area contributed by atoms with Gasteiger partial charge in [0.25, 0.3) is 5.91 Å². The fraction of sp³-hybridized carbons (Fsp3) is 0.435. The lowest BCUT2D eigenvalue weighted by atomic mass is 9.96. The van der Waals surface area contributed by atoms with Crippen LogP contribution in [0.25, 0.3) is 0 Å². The number of ether oxygens (including phenoxy) is 1. The largest absolute Gasteiger partial charge is 0.373 e. The first-order valence-electron chi connectivity index (χ1n) is 10.4. The van der Waals surface area contributed by atoms with Crippen molar-refractivity contribution < 1.29 is 17.9 Å². The van der Waals surface area contributed by atoms with Gasteiger partial charge in [0.1, 0.15) is 0 Å². The SMILES string of the molecule is C[C@@H]1CN(S(=O)(=O)c2ccc(C(=O)NCC3(c4ccccc4)CC3)cc2)C[C@@H](C)O1. The highest BCUT2D eigenvalue weighted by molar-refractivity contribution is 7.89. The van der Waals surface area contributed by atoms with Gasteiger partial charge in [-0.3, -0.25) is 4.79 Å². The second-order valence-electron chi connectivity index (χ2n) is 8.43. The average Bonchev–Trinajstić information content (AvgIpc) is 3.53. The van der Waals surface area contributed by atoms with Gasteiger partial charge in [-0.15, -0.1) is 0 Å². The Morgan fingerprint density at radius 3 is 2.20 bits per heavy atom. The van der Waals surface area contributed by atoms with E-state index in [0.717, 1.165) is 12.8 Å². The van der Waals surface area contributed by atoms with Crippen molar-refractivity contribution in [2.24, 2.45) is 0 Å². The van der Waals surface area contributed by atoms with Crippen molar-refractivity contribution in [1.29, 1.82) is 0 Å². The number of hydrogen-bond donors (Lipinski definition) is 1. The van der Waals surface area contributed by atoms with Gasteiger partial charge >= 0.3 is 0 Å². The van der Waals surface area contributed by atoms with Crippen LogP contribution >= 0.6 is 0 Å². The molecule has 2 aliphatic rings. The first-order chi connectivity index (χ1) is 14.3. The molecule has 1 heterocycles. The minimum absolute atomic E-state index is 0.0317. The molecule has 1 N–H and O–H groups in total. The molecule has 0 aromatic heterocycles. The zero-order valence-electron chi connectivity index (χ0n) is 17.4. The van der Waals surface area contributed by atoms with Crippen molar-refractivity contribution in [2.45, 2.75) is 49.2 Å². The zero-order chi connectivity index (χ0) is 21.4. The van der Waals surface area contributed by atoms with Gasteiger partial charge in [-0.25, -0.2) is 8.42 Å². The van der Waals surface area contributed by atoms with Gasteiger partial charge < -0.3 is 10.1 Å². The summed E-state index contributed by atoms with van der Waals surface area (Å²) in [6.07, 6.45) is 1.83. The zero-order valence-corrected chi connectivity index (χ0v) is 18.2. The van der Waals surface area contributed by atoms with E-state index in [4.69, 9.17) is 4.74 Å². The molecule has 2 aromatic carbocycles. The normalized spacial score (nSPS) is 23.7. The summed E-state index contributed by atoms with van der Waals surface area (Å²) in [6, 6.07) is 16.4. The van der Waals surface area contributed by atoms with E-state index in [-0.39, 0.29) is 28.4 Å². The van der Waals surface area contributed by atoms with Crippen molar-refractivity contribution in [2.75, 3.05) is 19.6 Å². The van der Waals surface area contributed by atoms with E-state index in [1.54, 1.807) is 12.1 Å². The van der Waals surface area contributed by atoms with Crippen LogP contribution in [0, 0.1) is 0 Å². The van der Waals surface area contributed by atoms with Crippen LogP contribution in [0.5, 0.6) is 0 Å². The molecule has 0 spiro atoms. The van der Waals surface area contributed by atoms with Crippen LogP contribution in [0.15, 0.2) is 59.5 Å². The van der Waals surface area contributed by atoms with Crippen LogP contribution in [-0.4, -0.2) is 50.5 Å². The lowest BCUT2D eigenvalue weighted by Gasteiger charge is -2.34.